The van der Waals surface area contributed by atoms with E-state index in [0.29, 0.717) is 12.0 Å². The molecule has 0 radical (unpaired) electrons. The molecular formula is C24H25ClN6O. The van der Waals surface area contributed by atoms with Crippen molar-refractivity contribution in [2.75, 3.05) is 13.1 Å². The van der Waals surface area contributed by atoms with E-state index in [1.807, 2.05) is 11.0 Å². The van der Waals surface area contributed by atoms with Crippen LogP contribution < -0.4 is 0 Å². The Morgan fingerprint density at radius 3 is 2.62 bits per heavy atom. The summed E-state index contributed by atoms with van der Waals surface area (Å²) in [6, 6.07) is 6.81. The maximum Gasteiger partial charge on any atom is 0.309 e. The normalized spacial score (nSPS) is 25.2. The van der Waals surface area contributed by atoms with Crippen molar-refractivity contribution in [1.29, 1.82) is 0 Å². The summed E-state index contributed by atoms with van der Waals surface area (Å²) in [5.41, 5.74) is 1.89. The number of amides is 1. The van der Waals surface area contributed by atoms with E-state index in [9.17, 15) is 4.79 Å². The van der Waals surface area contributed by atoms with Gasteiger partial charge in [-0.25, -0.2) is 6.57 Å². The van der Waals surface area contributed by atoms with E-state index < -0.39 is 5.54 Å². The second-order valence-corrected chi connectivity index (χ2v) is 11.1. The fourth-order valence-corrected chi connectivity index (χ4v) is 6.33. The molecule has 0 unspecified atom stereocenters. The minimum absolute atomic E-state index is 0.0592. The lowest BCUT2D eigenvalue weighted by Gasteiger charge is -2.58. The fraction of sp³-hybridized carbons (Fsp3) is 0.583. The number of rotatable bonds is 3. The highest BCUT2D eigenvalue weighted by Gasteiger charge is 2.64. The van der Waals surface area contributed by atoms with E-state index in [2.05, 4.69) is 36.6 Å². The van der Waals surface area contributed by atoms with Gasteiger partial charge in [-0.3, -0.25) is 19.1 Å². The van der Waals surface area contributed by atoms with E-state index in [0.717, 1.165) is 74.2 Å². The number of benzene rings is 1. The van der Waals surface area contributed by atoms with Gasteiger partial charge in [-0.15, -0.1) is 10.2 Å². The molecule has 1 aromatic carbocycles. The van der Waals surface area contributed by atoms with Gasteiger partial charge in [0.15, 0.2) is 5.82 Å². The molecule has 3 saturated carbocycles. The van der Waals surface area contributed by atoms with Crippen molar-refractivity contribution in [2.45, 2.75) is 69.1 Å². The summed E-state index contributed by atoms with van der Waals surface area (Å²) >= 11 is 6.35. The Morgan fingerprint density at radius 2 is 1.94 bits per heavy atom. The number of hydrogen-bond acceptors (Lipinski definition) is 4. The topological polar surface area (TPSA) is 58.6 Å². The van der Waals surface area contributed by atoms with Gasteiger partial charge in [-0.05, 0) is 49.4 Å². The standard InChI is InChI=1S/C24H25ClN6O/c1-26-24(6-7-24)22(32)30-13-23(14-30)9-16(10-23)21-28-27-20-12-29(18-3-4-18)11-15-8-17(25)2-5-19(15)31(20)21/h2,5,8,16,18H,3-4,6-7,9-14H2. The number of fused-ring (bicyclic) bond motifs is 3. The first-order chi connectivity index (χ1) is 15.5. The van der Waals surface area contributed by atoms with Crippen molar-refractivity contribution in [1.82, 2.24) is 24.6 Å². The molecule has 2 aliphatic heterocycles. The van der Waals surface area contributed by atoms with Crippen LogP contribution in [-0.2, 0) is 17.9 Å². The van der Waals surface area contributed by atoms with Crippen LogP contribution in [0.5, 0.6) is 0 Å². The quantitative estimate of drug-likeness (QED) is 0.674. The maximum absolute atomic E-state index is 12.6. The number of carbonyl (C=O) groups is 1. The lowest BCUT2D eigenvalue weighted by Crippen LogP contribution is -2.65. The Labute approximate surface area is 192 Å². The van der Waals surface area contributed by atoms with Crippen molar-refractivity contribution in [3.05, 3.63) is 51.9 Å². The third-order valence-electron chi connectivity index (χ3n) is 8.22. The van der Waals surface area contributed by atoms with Crippen molar-refractivity contribution >= 4 is 17.5 Å². The van der Waals surface area contributed by atoms with Crippen LogP contribution in [0.4, 0.5) is 0 Å². The Kier molecular flexibility index (Phi) is 3.77. The van der Waals surface area contributed by atoms with Crippen LogP contribution in [0, 0.1) is 12.0 Å². The molecule has 4 fully saturated rings. The number of aromatic nitrogens is 3. The summed E-state index contributed by atoms with van der Waals surface area (Å²) in [4.78, 5) is 20.7. The van der Waals surface area contributed by atoms with Gasteiger partial charge < -0.3 is 4.90 Å². The van der Waals surface area contributed by atoms with Crippen LogP contribution in [0.2, 0.25) is 5.02 Å². The van der Waals surface area contributed by atoms with E-state index in [-0.39, 0.29) is 11.3 Å². The Balaban J connectivity index is 1.13. The zero-order chi connectivity index (χ0) is 21.7. The number of likely N-dealkylation sites (tertiary alicyclic amines) is 1. The summed E-state index contributed by atoms with van der Waals surface area (Å²) in [5.74, 6) is 2.49. The van der Waals surface area contributed by atoms with E-state index >= 15 is 0 Å². The van der Waals surface area contributed by atoms with Crippen LogP contribution >= 0.6 is 11.6 Å². The van der Waals surface area contributed by atoms with Gasteiger partial charge in [-0.2, -0.15) is 0 Å². The molecule has 0 N–H and O–H groups in total. The van der Waals surface area contributed by atoms with Crippen molar-refractivity contribution in [3.8, 4) is 5.69 Å². The summed E-state index contributed by atoms with van der Waals surface area (Å²) in [5, 5.41) is 10.1. The molecule has 0 bridgehead atoms. The molecule has 8 heteroatoms. The smallest absolute Gasteiger partial charge is 0.309 e. The summed E-state index contributed by atoms with van der Waals surface area (Å²) in [6.07, 6.45) is 6.05. The highest BCUT2D eigenvalue weighted by atomic mass is 35.5. The van der Waals surface area contributed by atoms with Gasteiger partial charge in [0.25, 0.3) is 0 Å². The Hall–Kier alpha value is -2.43. The maximum atomic E-state index is 12.6. The average Bonchev–Trinajstić information content (AvgIpc) is 3.63. The first kappa shape index (κ1) is 19.1. The molecule has 32 heavy (non-hydrogen) atoms. The highest BCUT2D eigenvalue weighted by Crippen LogP contribution is 2.57. The zero-order valence-corrected chi connectivity index (χ0v) is 18.7. The van der Waals surface area contributed by atoms with Crippen LogP contribution in [-0.4, -0.2) is 55.1 Å². The molecule has 3 aliphatic carbocycles. The molecule has 164 valence electrons. The van der Waals surface area contributed by atoms with Crippen LogP contribution in [0.25, 0.3) is 10.5 Å². The Bertz CT molecular complexity index is 1180. The monoisotopic (exact) mass is 448 g/mol. The number of nitrogens with zero attached hydrogens (tertiary/aromatic N) is 6. The lowest BCUT2D eigenvalue weighted by molar-refractivity contribution is -0.153. The predicted molar refractivity (Wildman–Crippen MR) is 118 cm³/mol. The van der Waals surface area contributed by atoms with Crippen LogP contribution in [0.1, 0.15) is 61.7 Å². The molecule has 3 heterocycles. The zero-order valence-electron chi connectivity index (χ0n) is 17.9. The van der Waals surface area contributed by atoms with Gasteiger partial charge in [0.05, 0.1) is 12.2 Å². The van der Waals surface area contributed by atoms with E-state index in [1.54, 1.807) is 0 Å². The lowest BCUT2D eigenvalue weighted by atomic mass is 9.57. The van der Waals surface area contributed by atoms with E-state index in [4.69, 9.17) is 18.2 Å². The second-order valence-electron chi connectivity index (χ2n) is 10.6. The molecule has 7 nitrogen and oxygen atoms in total. The molecule has 7 rings (SSSR count). The number of carbonyl (C=O) groups excluding carboxylic acids is 1. The minimum atomic E-state index is -0.715. The van der Waals surface area contributed by atoms with Gasteiger partial charge in [-0.1, -0.05) is 11.6 Å². The van der Waals surface area contributed by atoms with Gasteiger partial charge >= 0.3 is 11.4 Å². The third-order valence-corrected chi connectivity index (χ3v) is 8.45. The third kappa shape index (κ3) is 2.72. The molecule has 5 aliphatic rings. The molecule has 1 aromatic heterocycles. The summed E-state index contributed by atoms with van der Waals surface area (Å²) in [6.45, 7) is 10.7. The summed E-state index contributed by atoms with van der Waals surface area (Å²) < 4.78 is 2.28. The van der Waals surface area contributed by atoms with Crippen LogP contribution in [0.15, 0.2) is 18.2 Å². The number of halogens is 1. The molecule has 1 saturated heterocycles. The predicted octanol–water partition coefficient (Wildman–Crippen LogP) is 3.56. The first-order valence-corrected chi connectivity index (χ1v) is 12.0. The van der Waals surface area contributed by atoms with Crippen molar-refractivity contribution in [3.63, 3.8) is 0 Å². The van der Waals surface area contributed by atoms with Crippen molar-refractivity contribution in [2.24, 2.45) is 5.41 Å². The van der Waals surface area contributed by atoms with Gasteiger partial charge in [0.1, 0.15) is 5.82 Å². The summed E-state index contributed by atoms with van der Waals surface area (Å²) in [7, 11) is 0. The average molecular weight is 449 g/mol. The molecule has 0 atom stereocenters. The minimum Gasteiger partial charge on any atom is -0.334 e. The van der Waals surface area contributed by atoms with Gasteiger partial charge in [0.2, 0.25) is 0 Å². The van der Waals surface area contributed by atoms with Crippen molar-refractivity contribution < 1.29 is 4.79 Å². The fourth-order valence-electron chi connectivity index (χ4n) is 6.13. The van der Waals surface area contributed by atoms with Gasteiger partial charge in [0, 0.05) is 54.9 Å². The molecule has 2 aromatic rings. The highest BCUT2D eigenvalue weighted by molar-refractivity contribution is 6.30. The SMILES string of the molecule is [C-]#[N+]C1(C(=O)N2CC3(CC(c4nnc5n4-c4ccc(Cl)cc4CN(C4CC4)C5)C3)C2)CC1. The molecule has 1 amide bonds. The molecule has 1 spiro atoms. The largest absolute Gasteiger partial charge is 0.334 e. The molecular weight excluding hydrogens is 424 g/mol. The Morgan fingerprint density at radius 1 is 1.16 bits per heavy atom. The number of hydrogen-bond donors (Lipinski definition) is 0. The van der Waals surface area contributed by atoms with Crippen LogP contribution in [0.3, 0.4) is 0 Å². The second kappa shape index (κ2) is 6.33. The first-order valence-electron chi connectivity index (χ1n) is 11.6. The van der Waals surface area contributed by atoms with E-state index in [1.165, 1.54) is 18.4 Å².